The highest BCUT2D eigenvalue weighted by molar-refractivity contribution is 7.93. The molecule has 1 aliphatic rings. The molecule has 1 unspecified atom stereocenters. The molecule has 0 spiro atoms. The van der Waals surface area contributed by atoms with Gasteiger partial charge in [0.25, 0.3) is 0 Å². The molecule has 0 aliphatic carbocycles. The molecule has 8 nitrogen and oxygen atoms in total. The van der Waals surface area contributed by atoms with Gasteiger partial charge in [0.1, 0.15) is 17.7 Å². The molecule has 0 saturated heterocycles. The molecule has 178 valence electrons. The Labute approximate surface area is 195 Å². The van der Waals surface area contributed by atoms with Crippen LogP contribution in [0.5, 0.6) is 11.5 Å². The van der Waals surface area contributed by atoms with Gasteiger partial charge in [-0.05, 0) is 54.5 Å². The van der Waals surface area contributed by atoms with Gasteiger partial charge < -0.3 is 24.6 Å². The number of benzene rings is 2. The van der Waals surface area contributed by atoms with Crippen LogP contribution < -0.4 is 9.47 Å². The van der Waals surface area contributed by atoms with Gasteiger partial charge in [0.15, 0.2) is 0 Å². The van der Waals surface area contributed by atoms with Crippen molar-refractivity contribution in [2.45, 2.75) is 32.3 Å². The van der Waals surface area contributed by atoms with Gasteiger partial charge in [-0.15, -0.1) is 0 Å². The zero-order valence-electron chi connectivity index (χ0n) is 19.0. The number of allylic oxidation sites excluding steroid dienone is 1. The molecule has 1 aliphatic heterocycles. The first-order valence-corrected chi connectivity index (χ1v) is 11.9. The third-order valence-corrected chi connectivity index (χ3v) is 6.99. The summed E-state index contributed by atoms with van der Waals surface area (Å²) in [5.41, 5.74) is 1.60. The summed E-state index contributed by atoms with van der Waals surface area (Å²) in [4.78, 5) is 1.44. The second-order valence-corrected chi connectivity index (χ2v) is 9.76. The van der Waals surface area contributed by atoms with Crippen LogP contribution in [0.1, 0.15) is 18.1 Å². The first kappa shape index (κ1) is 24.8. The number of β-amino-alcohol motifs (C(OH)–C–C–N with tert-alkyl or cyclic N) is 1. The molecule has 0 bridgehead atoms. The van der Waals surface area contributed by atoms with Crippen molar-refractivity contribution in [3.63, 3.8) is 0 Å². The molecule has 0 aromatic heterocycles. The maximum Gasteiger partial charge on any atom is 0.245 e. The number of hydrogen-bond donors (Lipinski definition) is 2. The van der Waals surface area contributed by atoms with Gasteiger partial charge in [0, 0.05) is 25.8 Å². The van der Waals surface area contributed by atoms with Gasteiger partial charge in [-0.3, -0.25) is 0 Å². The van der Waals surface area contributed by atoms with E-state index in [9.17, 15) is 18.6 Å². The number of hydrogen-bond acceptors (Lipinski definition) is 7. The van der Waals surface area contributed by atoms with Gasteiger partial charge in [0.2, 0.25) is 10.0 Å². The average Bonchev–Trinajstić information content (AvgIpc) is 2.80. The van der Waals surface area contributed by atoms with Crippen molar-refractivity contribution in [2.24, 2.45) is 0 Å². The standard InChI is InChI=1S/C24H30N2O6S/c1-18(27)14-25-17-23(12-13-24(25)28)33(29,30)26(15-19-4-8-21(31-2)9-5-19)16-20-6-10-22(32-3)11-7-20/h4-13,17-18,24,27-28H,14-16H2,1-3H3/t18-,24?/m1/s1. The van der Waals surface area contributed by atoms with Crippen molar-refractivity contribution in [1.82, 2.24) is 9.21 Å². The fourth-order valence-corrected chi connectivity index (χ4v) is 4.89. The second kappa shape index (κ2) is 10.8. The number of aliphatic hydroxyl groups excluding tert-OH is 2. The Morgan fingerprint density at radius 1 is 0.970 bits per heavy atom. The Morgan fingerprint density at radius 3 is 1.88 bits per heavy atom. The topological polar surface area (TPSA) is 99.5 Å². The lowest BCUT2D eigenvalue weighted by Gasteiger charge is -2.31. The molecule has 1 heterocycles. The van der Waals surface area contributed by atoms with E-state index in [1.165, 1.54) is 27.6 Å². The molecule has 3 rings (SSSR count). The van der Waals surface area contributed by atoms with E-state index >= 15 is 0 Å². The maximum absolute atomic E-state index is 13.7. The molecular weight excluding hydrogens is 444 g/mol. The summed E-state index contributed by atoms with van der Waals surface area (Å²) < 4.78 is 39.1. The second-order valence-electron chi connectivity index (χ2n) is 7.82. The van der Waals surface area contributed by atoms with E-state index in [1.807, 2.05) is 24.3 Å². The summed E-state index contributed by atoms with van der Waals surface area (Å²) >= 11 is 0. The summed E-state index contributed by atoms with van der Waals surface area (Å²) in [6, 6.07) is 14.4. The van der Waals surface area contributed by atoms with Gasteiger partial charge in [-0.2, -0.15) is 4.31 Å². The van der Waals surface area contributed by atoms with E-state index in [1.54, 1.807) is 45.4 Å². The largest absolute Gasteiger partial charge is 0.497 e. The van der Waals surface area contributed by atoms with Crippen LogP contribution in [0, 0.1) is 0 Å². The van der Waals surface area contributed by atoms with Gasteiger partial charge >= 0.3 is 0 Å². The van der Waals surface area contributed by atoms with Gasteiger partial charge in [-0.1, -0.05) is 24.3 Å². The monoisotopic (exact) mass is 474 g/mol. The van der Waals surface area contributed by atoms with Crippen LogP contribution in [0.15, 0.2) is 71.8 Å². The maximum atomic E-state index is 13.7. The number of rotatable bonds is 10. The Balaban J connectivity index is 1.94. The van der Waals surface area contributed by atoms with Crippen molar-refractivity contribution in [1.29, 1.82) is 0 Å². The minimum atomic E-state index is -3.93. The van der Waals surface area contributed by atoms with E-state index in [0.29, 0.717) is 11.5 Å². The zero-order valence-corrected chi connectivity index (χ0v) is 19.8. The molecule has 2 aromatic carbocycles. The smallest absolute Gasteiger partial charge is 0.245 e. The highest BCUT2D eigenvalue weighted by Gasteiger charge is 2.29. The minimum absolute atomic E-state index is 0.0375. The van der Waals surface area contributed by atoms with E-state index in [-0.39, 0.29) is 24.5 Å². The van der Waals surface area contributed by atoms with Crippen LogP contribution in [0.25, 0.3) is 0 Å². The SMILES string of the molecule is COc1ccc(CN(Cc2ccc(OC)cc2)S(=O)(=O)C2=CN(C[C@@H](C)O)C(O)C=C2)cc1. The van der Waals surface area contributed by atoms with E-state index < -0.39 is 22.4 Å². The molecule has 0 amide bonds. The quantitative estimate of drug-likeness (QED) is 0.546. The van der Waals surface area contributed by atoms with Crippen molar-refractivity contribution >= 4 is 10.0 Å². The molecule has 33 heavy (non-hydrogen) atoms. The van der Waals surface area contributed by atoms with E-state index in [0.717, 1.165) is 11.1 Å². The van der Waals surface area contributed by atoms with Gasteiger partial charge in [-0.25, -0.2) is 8.42 Å². The van der Waals surface area contributed by atoms with Crippen LogP contribution >= 0.6 is 0 Å². The fraction of sp³-hybridized carbons (Fsp3) is 0.333. The number of sulfonamides is 1. The molecule has 2 aromatic rings. The highest BCUT2D eigenvalue weighted by atomic mass is 32.2. The average molecular weight is 475 g/mol. The third-order valence-electron chi connectivity index (χ3n) is 5.21. The highest BCUT2D eigenvalue weighted by Crippen LogP contribution is 2.26. The Kier molecular flexibility index (Phi) is 8.15. The van der Waals surface area contributed by atoms with Crippen molar-refractivity contribution in [3.05, 3.63) is 82.9 Å². The summed E-state index contributed by atoms with van der Waals surface area (Å²) in [6.45, 7) is 1.96. The van der Waals surface area contributed by atoms with Crippen molar-refractivity contribution in [2.75, 3.05) is 20.8 Å². The predicted molar refractivity (Wildman–Crippen MR) is 126 cm³/mol. The Morgan fingerprint density at radius 2 is 1.45 bits per heavy atom. The first-order chi connectivity index (χ1) is 15.7. The zero-order chi connectivity index (χ0) is 24.0. The molecule has 0 fully saturated rings. The predicted octanol–water partition coefficient (Wildman–Crippen LogP) is 2.45. The van der Waals surface area contributed by atoms with E-state index in [4.69, 9.17) is 9.47 Å². The molecule has 0 saturated carbocycles. The Hall–Kier alpha value is -2.85. The van der Waals surface area contributed by atoms with Crippen LogP contribution in [0.3, 0.4) is 0 Å². The minimum Gasteiger partial charge on any atom is -0.497 e. The lowest BCUT2D eigenvalue weighted by Crippen LogP contribution is -2.38. The number of nitrogens with zero attached hydrogens (tertiary/aromatic N) is 2. The van der Waals surface area contributed by atoms with Crippen molar-refractivity contribution < 1.29 is 28.1 Å². The summed E-state index contributed by atoms with van der Waals surface area (Å²) in [5, 5.41) is 19.9. The van der Waals surface area contributed by atoms with Gasteiger partial charge in [0.05, 0.1) is 25.2 Å². The summed E-state index contributed by atoms with van der Waals surface area (Å²) in [5.74, 6) is 1.37. The van der Waals surface area contributed by atoms with E-state index in [2.05, 4.69) is 0 Å². The molecule has 2 atom stereocenters. The van der Waals surface area contributed by atoms with Crippen LogP contribution in [-0.4, -0.2) is 60.9 Å². The normalized spacial score (nSPS) is 17.1. The molecular formula is C24H30N2O6S. The molecule has 0 radical (unpaired) electrons. The van der Waals surface area contributed by atoms with Crippen molar-refractivity contribution in [3.8, 4) is 11.5 Å². The third kappa shape index (κ3) is 6.35. The molecule has 2 N–H and O–H groups in total. The number of ether oxygens (including phenoxy) is 2. The first-order valence-electron chi connectivity index (χ1n) is 10.5. The number of aliphatic hydroxyl groups is 2. The molecule has 9 heteroatoms. The fourth-order valence-electron chi connectivity index (χ4n) is 3.44. The summed E-state index contributed by atoms with van der Waals surface area (Å²) in [6.07, 6.45) is 2.43. The number of methoxy groups -OCH3 is 2. The summed E-state index contributed by atoms with van der Waals surface area (Å²) in [7, 11) is -0.785. The van der Waals surface area contributed by atoms with Crippen LogP contribution in [0.2, 0.25) is 0 Å². The Bertz CT molecular complexity index is 1030. The van der Waals surface area contributed by atoms with Crippen LogP contribution in [-0.2, 0) is 23.1 Å². The van der Waals surface area contributed by atoms with Crippen LogP contribution in [0.4, 0.5) is 0 Å². The lowest BCUT2D eigenvalue weighted by atomic mass is 10.2. The lowest BCUT2D eigenvalue weighted by molar-refractivity contribution is 0.0429.